The van der Waals surface area contributed by atoms with Crippen LogP contribution in [0.4, 0.5) is 6.01 Å². The first-order valence-corrected chi connectivity index (χ1v) is 6.70. The van der Waals surface area contributed by atoms with Gasteiger partial charge in [0.05, 0.1) is 6.54 Å². The maximum Gasteiger partial charge on any atom is 0.315 e. The van der Waals surface area contributed by atoms with Crippen LogP contribution >= 0.6 is 0 Å². The van der Waals surface area contributed by atoms with Crippen LogP contribution in [0, 0.1) is 5.92 Å². The van der Waals surface area contributed by atoms with Gasteiger partial charge in [0.1, 0.15) is 0 Å². The standard InChI is InChI=1S/C12H21N5O2/c1-8(2)5-13-7-11-16-17-12(19-11)14-6-9-3-4-10(18)15-9/h8-9,13H,3-7H2,1-2H3,(H,14,17)(H,15,18). The number of carbonyl (C=O) groups is 1. The van der Waals surface area contributed by atoms with Crippen LogP contribution in [0.1, 0.15) is 32.6 Å². The first kappa shape index (κ1) is 13.8. The van der Waals surface area contributed by atoms with Gasteiger partial charge in [0, 0.05) is 19.0 Å². The molecule has 1 fully saturated rings. The summed E-state index contributed by atoms with van der Waals surface area (Å²) in [5.74, 6) is 1.26. The molecular formula is C12H21N5O2. The van der Waals surface area contributed by atoms with Crippen LogP contribution in [-0.4, -0.2) is 35.2 Å². The molecule has 0 radical (unpaired) electrons. The van der Waals surface area contributed by atoms with Crippen LogP contribution in [-0.2, 0) is 11.3 Å². The van der Waals surface area contributed by atoms with E-state index in [1.807, 2.05) is 0 Å². The average molecular weight is 267 g/mol. The molecule has 1 aliphatic heterocycles. The van der Waals surface area contributed by atoms with Crippen LogP contribution in [0.5, 0.6) is 0 Å². The molecule has 1 aliphatic rings. The molecule has 1 atom stereocenters. The molecule has 0 aliphatic carbocycles. The predicted octanol–water partition coefficient (Wildman–Crippen LogP) is 0.506. The summed E-state index contributed by atoms with van der Waals surface area (Å²) in [4.78, 5) is 11.0. The maximum absolute atomic E-state index is 11.0. The molecule has 1 amide bonds. The maximum atomic E-state index is 11.0. The summed E-state index contributed by atoms with van der Waals surface area (Å²) in [6.45, 7) is 6.40. The molecule has 2 rings (SSSR count). The second-order valence-corrected chi connectivity index (χ2v) is 5.21. The third-order valence-electron chi connectivity index (χ3n) is 2.88. The van der Waals surface area contributed by atoms with Crippen LogP contribution in [0.2, 0.25) is 0 Å². The zero-order valence-electron chi connectivity index (χ0n) is 11.4. The van der Waals surface area contributed by atoms with Gasteiger partial charge in [-0.05, 0) is 18.9 Å². The van der Waals surface area contributed by atoms with Crippen molar-refractivity contribution in [2.24, 2.45) is 5.92 Å². The summed E-state index contributed by atoms with van der Waals surface area (Å²) in [5, 5.41) is 17.0. The van der Waals surface area contributed by atoms with Crippen molar-refractivity contribution in [2.45, 2.75) is 39.3 Å². The number of aromatic nitrogens is 2. The lowest BCUT2D eigenvalue weighted by atomic mass is 10.2. The van der Waals surface area contributed by atoms with E-state index in [1.165, 1.54) is 0 Å². The molecule has 1 unspecified atom stereocenters. The lowest BCUT2D eigenvalue weighted by Crippen LogP contribution is -2.31. The summed E-state index contributed by atoms with van der Waals surface area (Å²) in [6, 6.07) is 0.560. The van der Waals surface area contributed by atoms with E-state index in [-0.39, 0.29) is 11.9 Å². The second kappa shape index (κ2) is 6.51. The molecule has 0 saturated carbocycles. The summed E-state index contributed by atoms with van der Waals surface area (Å²) in [6.07, 6.45) is 1.45. The fraction of sp³-hybridized carbons (Fsp3) is 0.750. The van der Waals surface area contributed by atoms with Crippen LogP contribution in [0.25, 0.3) is 0 Å². The molecule has 106 valence electrons. The van der Waals surface area contributed by atoms with E-state index in [0.717, 1.165) is 13.0 Å². The van der Waals surface area contributed by atoms with Crippen molar-refractivity contribution < 1.29 is 9.21 Å². The van der Waals surface area contributed by atoms with Crippen molar-refractivity contribution in [3.8, 4) is 0 Å². The van der Waals surface area contributed by atoms with E-state index in [0.29, 0.717) is 37.3 Å². The van der Waals surface area contributed by atoms with Gasteiger partial charge in [0.15, 0.2) is 0 Å². The molecule has 0 spiro atoms. The lowest BCUT2D eigenvalue weighted by molar-refractivity contribution is -0.119. The molecule has 19 heavy (non-hydrogen) atoms. The fourth-order valence-electron chi connectivity index (χ4n) is 1.91. The smallest absolute Gasteiger partial charge is 0.315 e. The van der Waals surface area contributed by atoms with E-state index < -0.39 is 0 Å². The molecule has 1 aromatic rings. The molecular weight excluding hydrogens is 246 g/mol. The Morgan fingerprint density at radius 2 is 2.32 bits per heavy atom. The number of hydrogen-bond acceptors (Lipinski definition) is 6. The zero-order chi connectivity index (χ0) is 13.7. The van der Waals surface area contributed by atoms with Gasteiger partial charge in [-0.2, -0.15) is 0 Å². The third-order valence-corrected chi connectivity index (χ3v) is 2.88. The molecule has 1 saturated heterocycles. The predicted molar refractivity (Wildman–Crippen MR) is 70.5 cm³/mol. The molecule has 0 bridgehead atoms. The highest BCUT2D eigenvalue weighted by atomic mass is 16.4. The summed E-state index contributed by atoms with van der Waals surface area (Å²) < 4.78 is 5.44. The summed E-state index contributed by atoms with van der Waals surface area (Å²) in [7, 11) is 0. The van der Waals surface area contributed by atoms with E-state index in [1.54, 1.807) is 0 Å². The Labute approximate surface area is 112 Å². The largest absolute Gasteiger partial charge is 0.407 e. The van der Waals surface area contributed by atoms with Crippen LogP contribution in [0.3, 0.4) is 0 Å². The minimum absolute atomic E-state index is 0.107. The summed E-state index contributed by atoms with van der Waals surface area (Å²) >= 11 is 0. The van der Waals surface area contributed by atoms with Crippen molar-refractivity contribution in [2.75, 3.05) is 18.4 Å². The lowest BCUT2D eigenvalue weighted by Gasteiger charge is -2.08. The Kier molecular flexibility index (Phi) is 4.73. The number of nitrogens with one attached hydrogen (secondary N) is 3. The Morgan fingerprint density at radius 1 is 1.47 bits per heavy atom. The van der Waals surface area contributed by atoms with Gasteiger partial charge in [0.25, 0.3) is 0 Å². The highest BCUT2D eigenvalue weighted by Gasteiger charge is 2.20. The van der Waals surface area contributed by atoms with Gasteiger partial charge < -0.3 is 20.4 Å². The van der Waals surface area contributed by atoms with Gasteiger partial charge in [-0.1, -0.05) is 18.9 Å². The Bertz CT molecular complexity index is 418. The molecule has 3 N–H and O–H groups in total. The Morgan fingerprint density at radius 3 is 3.00 bits per heavy atom. The Hall–Kier alpha value is -1.63. The quantitative estimate of drug-likeness (QED) is 0.666. The van der Waals surface area contributed by atoms with Gasteiger partial charge in [-0.3, -0.25) is 4.79 Å². The van der Waals surface area contributed by atoms with Crippen molar-refractivity contribution in [3.63, 3.8) is 0 Å². The van der Waals surface area contributed by atoms with Crippen molar-refractivity contribution in [3.05, 3.63) is 5.89 Å². The topological polar surface area (TPSA) is 92.1 Å². The summed E-state index contributed by atoms with van der Waals surface area (Å²) in [5.41, 5.74) is 0. The minimum atomic E-state index is 0.107. The zero-order valence-corrected chi connectivity index (χ0v) is 11.4. The average Bonchev–Trinajstić information content (AvgIpc) is 2.95. The van der Waals surface area contributed by atoms with Crippen molar-refractivity contribution in [1.82, 2.24) is 20.8 Å². The minimum Gasteiger partial charge on any atom is -0.407 e. The highest BCUT2D eigenvalue weighted by Crippen LogP contribution is 2.09. The SMILES string of the molecule is CC(C)CNCc1nnc(NCC2CCC(=O)N2)o1. The second-order valence-electron chi connectivity index (χ2n) is 5.21. The van der Waals surface area contributed by atoms with E-state index >= 15 is 0 Å². The number of nitrogens with zero attached hydrogens (tertiary/aromatic N) is 2. The number of amides is 1. The first-order chi connectivity index (χ1) is 9.13. The molecule has 7 nitrogen and oxygen atoms in total. The van der Waals surface area contributed by atoms with Crippen LogP contribution < -0.4 is 16.0 Å². The molecule has 0 aromatic carbocycles. The molecule has 7 heteroatoms. The number of rotatable bonds is 7. The number of anilines is 1. The molecule has 1 aromatic heterocycles. The monoisotopic (exact) mass is 267 g/mol. The normalized spacial score (nSPS) is 18.9. The van der Waals surface area contributed by atoms with Gasteiger partial charge in [-0.15, -0.1) is 5.10 Å². The highest BCUT2D eigenvalue weighted by molar-refractivity contribution is 5.78. The van der Waals surface area contributed by atoms with E-state index in [9.17, 15) is 4.79 Å². The van der Waals surface area contributed by atoms with E-state index in [4.69, 9.17) is 4.42 Å². The van der Waals surface area contributed by atoms with Crippen molar-refractivity contribution in [1.29, 1.82) is 0 Å². The van der Waals surface area contributed by atoms with Gasteiger partial charge >= 0.3 is 6.01 Å². The van der Waals surface area contributed by atoms with E-state index in [2.05, 4.69) is 40.0 Å². The number of carbonyl (C=O) groups excluding carboxylic acids is 1. The van der Waals surface area contributed by atoms with Gasteiger partial charge in [-0.25, -0.2) is 0 Å². The fourth-order valence-corrected chi connectivity index (χ4v) is 1.91. The van der Waals surface area contributed by atoms with Gasteiger partial charge in [0.2, 0.25) is 11.8 Å². The van der Waals surface area contributed by atoms with Crippen molar-refractivity contribution >= 4 is 11.9 Å². The van der Waals surface area contributed by atoms with Crippen LogP contribution in [0.15, 0.2) is 4.42 Å². The first-order valence-electron chi connectivity index (χ1n) is 6.70. The third kappa shape index (κ3) is 4.51. The number of hydrogen-bond donors (Lipinski definition) is 3. The molecule has 2 heterocycles. The Balaban J connectivity index is 1.70.